The van der Waals surface area contributed by atoms with E-state index in [1.165, 1.54) is 16.8 Å². The summed E-state index contributed by atoms with van der Waals surface area (Å²) >= 11 is 0. The maximum absolute atomic E-state index is 12.0. The van der Waals surface area contributed by atoms with Crippen molar-refractivity contribution < 1.29 is 4.79 Å². The Hall–Kier alpha value is -1.55. The van der Waals surface area contributed by atoms with Crippen molar-refractivity contribution in [1.29, 1.82) is 0 Å². The molecule has 116 valence electrons. The molecule has 1 atom stereocenters. The van der Waals surface area contributed by atoms with Crippen molar-refractivity contribution in [2.24, 2.45) is 0 Å². The van der Waals surface area contributed by atoms with Crippen LogP contribution in [-0.4, -0.2) is 44.5 Å². The Morgan fingerprint density at radius 2 is 2.19 bits per heavy atom. The molecule has 1 N–H and O–H groups in total. The molecule has 0 aromatic heterocycles. The van der Waals surface area contributed by atoms with Crippen LogP contribution in [0.3, 0.4) is 0 Å². The fourth-order valence-electron chi connectivity index (χ4n) is 2.86. The van der Waals surface area contributed by atoms with E-state index in [1.54, 1.807) is 4.90 Å². The molecule has 1 aliphatic rings. The number of amides is 1. The largest absolute Gasteiger partial charge is 0.362 e. The first kappa shape index (κ1) is 15.8. The third-order valence-corrected chi connectivity index (χ3v) is 4.15. The van der Waals surface area contributed by atoms with Crippen LogP contribution in [-0.2, 0) is 11.2 Å². The molecule has 1 heterocycles. The second-order valence-electron chi connectivity index (χ2n) is 5.98. The van der Waals surface area contributed by atoms with Crippen molar-refractivity contribution in [2.75, 3.05) is 38.6 Å². The summed E-state index contributed by atoms with van der Waals surface area (Å²) in [6.07, 6.45) is 2.22. The molecule has 1 aromatic rings. The van der Waals surface area contributed by atoms with E-state index in [0.29, 0.717) is 12.6 Å². The van der Waals surface area contributed by atoms with Gasteiger partial charge < -0.3 is 15.1 Å². The summed E-state index contributed by atoms with van der Waals surface area (Å²) in [5.74, 6) is 0.160. The highest BCUT2D eigenvalue weighted by Gasteiger charge is 2.20. The number of nitrogens with zero attached hydrogens (tertiary/aromatic N) is 2. The molecule has 0 bridgehead atoms. The van der Waals surface area contributed by atoms with Crippen LogP contribution >= 0.6 is 0 Å². The van der Waals surface area contributed by atoms with E-state index in [0.717, 1.165) is 25.9 Å². The maximum atomic E-state index is 12.0. The Bertz CT molecular complexity index is 499. The summed E-state index contributed by atoms with van der Waals surface area (Å²) in [5.41, 5.74) is 3.93. The smallest absolute Gasteiger partial charge is 0.241 e. The number of likely N-dealkylation sites (N-methyl/N-ethyl adjacent to an activating group) is 1. The third kappa shape index (κ3) is 3.76. The van der Waals surface area contributed by atoms with Gasteiger partial charge in [0.2, 0.25) is 5.91 Å². The van der Waals surface area contributed by atoms with E-state index >= 15 is 0 Å². The van der Waals surface area contributed by atoms with Crippen LogP contribution in [0.4, 0.5) is 5.69 Å². The predicted molar refractivity (Wildman–Crippen MR) is 87.8 cm³/mol. The van der Waals surface area contributed by atoms with Crippen molar-refractivity contribution in [1.82, 2.24) is 10.2 Å². The van der Waals surface area contributed by atoms with E-state index in [4.69, 9.17) is 0 Å². The Morgan fingerprint density at radius 3 is 2.86 bits per heavy atom. The second-order valence-corrected chi connectivity index (χ2v) is 5.98. The minimum atomic E-state index is 0.160. The Balaban J connectivity index is 2.18. The lowest BCUT2D eigenvalue weighted by Gasteiger charge is -2.32. The van der Waals surface area contributed by atoms with Gasteiger partial charge in [0.1, 0.15) is 0 Å². The van der Waals surface area contributed by atoms with Crippen LogP contribution < -0.4 is 10.2 Å². The van der Waals surface area contributed by atoms with Gasteiger partial charge >= 0.3 is 0 Å². The van der Waals surface area contributed by atoms with Crippen molar-refractivity contribution >= 4 is 11.6 Å². The molecule has 1 aromatic carbocycles. The lowest BCUT2D eigenvalue weighted by atomic mass is 9.96. The lowest BCUT2D eigenvalue weighted by Crippen LogP contribution is -2.39. The number of fused-ring (bicyclic) bond motifs is 1. The number of hydrogen-bond acceptors (Lipinski definition) is 3. The summed E-state index contributed by atoms with van der Waals surface area (Å²) in [7, 11) is 3.63. The highest BCUT2D eigenvalue weighted by Crippen LogP contribution is 2.29. The van der Waals surface area contributed by atoms with Gasteiger partial charge in [0.25, 0.3) is 0 Å². The van der Waals surface area contributed by atoms with E-state index in [9.17, 15) is 4.79 Å². The maximum Gasteiger partial charge on any atom is 0.241 e. The van der Waals surface area contributed by atoms with E-state index < -0.39 is 0 Å². The monoisotopic (exact) mass is 289 g/mol. The van der Waals surface area contributed by atoms with Gasteiger partial charge in [-0.15, -0.1) is 0 Å². The minimum absolute atomic E-state index is 0.160. The molecule has 4 nitrogen and oxygen atoms in total. The van der Waals surface area contributed by atoms with Crippen molar-refractivity contribution in [3.63, 3.8) is 0 Å². The van der Waals surface area contributed by atoms with Gasteiger partial charge in [-0.25, -0.2) is 0 Å². The van der Waals surface area contributed by atoms with Crippen LogP contribution in [0.25, 0.3) is 0 Å². The topological polar surface area (TPSA) is 35.6 Å². The quantitative estimate of drug-likeness (QED) is 0.902. The highest BCUT2D eigenvalue weighted by molar-refractivity contribution is 5.81. The molecule has 0 saturated heterocycles. The number of rotatable bonds is 5. The van der Waals surface area contributed by atoms with Gasteiger partial charge in [0.05, 0.1) is 6.54 Å². The molecule has 1 unspecified atom stereocenters. The van der Waals surface area contributed by atoms with Crippen LogP contribution in [0, 0.1) is 0 Å². The molecule has 4 heteroatoms. The normalized spacial score (nSPS) is 15.5. The molecule has 21 heavy (non-hydrogen) atoms. The van der Waals surface area contributed by atoms with Crippen LogP contribution in [0.5, 0.6) is 0 Å². The van der Waals surface area contributed by atoms with Gasteiger partial charge in [0.15, 0.2) is 0 Å². The standard InChI is InChI=1S/C17H27N3O/c1-5-18-13(2)14-8-9-16-15(11-14)7-6-10-20(16)12-17(21)19(3)4/h8-9,11,13,18H,5-7,10,12H2,1-4H3. The first-order valence-corrected chi connectivity index (χ1v) is 7.84. The average Bonchev–Trinajstić information content (AvgIpc) is 2.47. The van der Waals surface area contributed by atoms with Gasteiger partial charge in [-0.1, -0.05) is 19.1 Å². The number of anilines is 1. The van der Waals surface area contributed by atoms with Crippen molar-refractivity contribution in [3.05, 3.63) is 29.3 Å². The molecule has 0 radical (unpaired) electrons. The first-order chi connectivity index (χ1) is 10.0. The summed E-state index contributed by atoms with van der Waals surface area (Å²) in [6.45, 7) is 6.74. The van der Waals surface area contributed by atoms with Gasteiger partial charge in [-0.3, -0.25) is 4.79 Å². The molecule has 0 aliphatic carbocycles. The fraction of sp³-hybridized carbons (Fsp3) is 0.588. The molecule has 0 fully saturated rings. The van der Waals surface area contributed by atoms with Crippen LogP contribution in [0.1, 0.15) is 37.4 Å². The number of benzene rings is 1. The first-order valence-electron chi connectivity index (χ1n) is 7.84. The average molecular weight is 289 g/mol. The minimum Gasteiger partial charge on any atom is -0.362 e. The number of nitrogens with one attached hydrogen (secondary N) is 1. The van der Waals surface area contributed by atoms with E-state index in [2.05, 4.69) is 42.3 Å². The summed E-state index contributed by atoms with van der Waals surface area (Å²) in [6, 6.07) is 7.04. The molecule has 2 rings (SSSR count). The molecule has 1 aliphatic heterocycles. The summed E-state index contributed by atoms with van der Waals surface area (Å²) in [4.78, 5) is 15.8. The molecule has 0 spiro atoms. The van der Waals surface area contributed by atoms with E-state index in [1.807, 2.05) is 14.1 Å². The van der Waals surface area contributed by atoms with Crippen molar-refractivity contribution in [2.45, 2.75) is 32.7 Å². The zero-order valence-corrected chi connectivity index (χ0v) is 13.6. The number of carbonyl (C=O) groups excluding carboxylic acids is 1. The van der Waals surface area contributed by atoms with Crippen LogP contribution in [0.15, 0.2) is 18.2 Å². The zero-order valence-electron chi connectivity index (χ0n) is 13.6. The zero-order chi connectivity index (χ0) is 15.4. The number of carbonyl (C=O) groups is 1. The van der Waals surface area contributed by atoms with Gasteiger partial charge in [-0.2, -0.15) is 0 Å². The predicted octanol–water partition coefficient (Wildman–Crippen LogP) is 2.20. The SMILES string of the molecule is CCNC(C)c1ccc2c(c1)CCCN2CC(=O)N(C)C. The van der Waals surface area contributed by atoms with Crippen LogP contribution in [0.2, 0.25) is 0 Å². The van der Waals surface area contributed by atoms with Crippen molar-refractivity contribution in [3.8, 4) is 0 Å². The summed E-state index contributed by atoms with van der Waals surface area (Å²) in [5, 5.41) is 3.45. The molecular formula is C17H27N3O. The fourth-order valence-corrected chi connectivity index (χ4v) is 2.86. The van der Waals surface area contributed by atoms with Gasteiger partial charge in [-0.05, 0) is 43.5 Å². The molecule has 0 saturated carbocycles. The second kappa shape index (κ2) is 6.94. The Morgan fingerprint density at radius 1 is 1.43 bits per heavy atom. The summed E-state index contributed by atoms with van der Waals surface area (Å²) < 4.78 is 0. The Labute approximate surface area is 128 Å². The third-order valence-electron chi connectivity index (χ3n) is 4.15. The van der Waals surface area contributed by atoms with E-state index in [-0.39, 0.29) is 5.91 Å². The Kier molecular flexibility index (Phi) is 5.23. The lowest BCUT2D eigenvalue weighted by molar-refractivity contribution is -0.127. The van der Waals surface area contributed by atoms with Gasteiger partial charge in [0, 0.05) is 32.4 Å². The highest BCUT2D eigenvalue weighted by atomic mass is 16.2. The number of aryl methyl sites for hydroxylation is 1. The molecule has 1 amide bonds. The molecular weight excluding hydrogens is 262 g/mol. The number of hydrogen-bond donors (Lipinski definition) is 1.